The minimum atomic E-state index is 0.00409. The first-order chi connectivity index (χ1) is 10.6. The highest BCUT2D eigenvalue weighted by Gasteiger charge is 2.41. The first-order valence-electron chi connectivity index (χ1n) is 8.24. The standard InChI is InChI=1S/C17H26N2O3/c1-14(2)18-8-10-21-13-17(11-18)6-4-7-19(12-17)16(20)15-5-3-9-22-15/h3,5,9,14H,4,6-8,10-13H2,1-2H3/t17-/m0/s1. The van der Waals surface area contributed by atoms with E-state index in [0.717, 1.165) is 52.2 Å². The molecule has 5 nitrogen and oxygen atoms in total. The van der Waals surface area contributed by atoms with Crippen molar-refractivity contribution in [2.45, 2.75) is 32.7 Å². The Balaban J connectivity index is 1.74. The van der Waals surface area contributed by atoms with E-state index in [-0.39, 0.29) is 11.3 Å². The average Bonchev–Trinajstić information content (AvgIpc) is 2.97. The van der Waals surface area contributed by atoms with Crippen LogP contribution in [-0.4, -0.2) is 61.1 Å². The van der Waals surface area contributed by atoms with Gasteiger partial charge in [-0.25, -0.2) is 0 Å². The Labute approximate surface area is 132 Å². The first-order valence-corrected chi connectivity index (χ1v) is 8.24. The van der Waals surface area contributed by atoms with Crippen molar-refractivity contribution in [2.75, 3.05) is 39.4 Å². The van der Waals surface area contributed by atoms with Gasteiger partial charge in [0.15, 0.2) is 5.76 Å². The summed E-state index contributed by atoms with van der Waals surface area (Å²) in [4.78, 5) is 17.0. The molecule has 122 valence electrons. The highest BCUT2D eigenvalue weighted by atomic mass is 16.5. The van der Waals surface area contributed by atoms with E-state index in [0.29, 0.717) is 11.8 Å². The van der Waals surface area contributed by atoms with E-state index in [9.17, 15) is 4.79 Å². The van der Waals surface area contributed by atoms with Crippen molar-refractivity contribution in [3.8, 4) is 0 Å². The molecule has 5 heteroatoms. The molecule has 0 aromatic carbocycles. The van der Waals surface area contributed by atoms with Crippen LogP contribution < -0.4 is 0 Å². The number of hydrogen-bond donors (Lipinski definition) is 0. The number of nitrogens with zero attached hydrogens (tertiary/aromatic N) is 2. The lowest BCUT2D eigenvalue weighted by Gasteiger charge is -2.44. The molecular weight excluding hydrogens is 280 g/mol. The number of rotatable bonds is 2. The predicted molar refractivity (Wildman–Crippen MR) is 83.8 cm³/mol. The van der Waals surface area contributed by atoms with Crippen LogP contribution in [0.2, 0.25) is 0 Å². The molecule has 0 N–H and O–H groups in total. The summed E-state index contributed by atoms with van der Waals surface area (Å²) in [6.07, 6.45) is 3.71. The second kappa shape index (κ2) is 6.42. The number of amides is 1. The van der Waals surface area contributed by atoms with Crippen molar-refractivity contribution >= 4 is 5.91 Å². The van der Waals surface area contributed by atoms with Crippen molar-refractivity contribution in [1.29, 1.82) is 0 Å². The van der Waals surface area contributed by atoms with Crippen LogP contribution in [0.4, 0.5) is 0 Å². The van der Waals surface area contributed by atoms with E-state index < -0.39 is 0 Å². The lowest BCUT2D eigenvalue weighted by atomic mass is 9.79. The van der Waals surface area contributed by atoms with Gasteiger partial charge < -0.3 is 14.1 Å². The number of likely N-dealkylation sites (tertiary alicyclic amines) is 1. The van der Waals surface area contributed by atoms with Crippen molar-refractivity contribution in [1.82, 2.24) is 9.80 Å². The van der Waals surface area contributed by atoms with Crippen molar-refractivity contribution < 1.29 is 13.9 Å². The summed E-state index contributed by atoms with van der Waals surface area (Å²) < 4.78 is 11.2. The van der Waals surface area contributed by atoms with E-state index in [1.807, 2.05) is 4.90 Å². The van der Waals surface area contributed by atoms with Crippen LogP contribution in [-0.2, 0) is 4.74 Å². The van der Waals surface area contributed by atoms with Crippen LogP contribution in [0.1, 0.15) is 37.2 Å². The molecule has 3 rings (SSSR count). The fourth-order valence-corrected chi connectivity index (χ4v) is 3.65. The summed E-state index contributed by atoms with van der Waals surface area (Å²) in [7, 11) is 0. The topological polar surface area (TPSA) is 45.9 Å². The van der Waals surface area contributed by atoms with E-state index in [4.69, 9.17) is 9.15 Å². The van der Waals surface area contributed by atoms with E-state index in [2.05, 4.69) is 18.7 Å². The lowest BCUT2D eigenvalue weighted by Crippen LogP contribution is -2.53. The third kappa shape index (κ3) is 3.20. The summed E-state index contributed by atoms with van der Waals surface area (Å²) in [6.45, 7) is 9.54. The number of hydrogen-bond acceptors (Lipinski definition) is 4. The highest BCUT2D eigenvalue weighted by Crippen LogP contribution is 2.34. The molecule has 1 amide bonds. The van der Waals surface area contributed by atoms with Crippen LogP contribution in [0.15, 0.2) is 22.8 Å². The zero-order chi connectivity index (χ0) is 15.6. The van der Waals surface area contributed by atoms with Crippen LogP contribution in [0.5, 0.6) is 0 Å². The third-order valence-electron chi connectivity index (χ3n) is 4.88. The van der Waals surface area contributed by atoms with Gasteiger partial charge in [0.05, 0.1) is 19.5 Å². The lowest BCUT2D eigenvalue weighted by molar-refractivity contribution is 0.00456. The molecule has 22 heavy (non-hydrogen) atoms. The molecule has 0 aliphatic carbocycles. The molecule has 3 heterocycles. The van der Waals surface area contributed by atoms with Gasteiger partial charge in [0.25, 0.3) is 5.91 Å². The van der Waals surface area contributed by atoms with E-state index in [1.54, 1.807) is 18.4 Å². The molecule has 1 aromatic rings. The highest BCUT2D eigenvalue weighted by molar-refractivity contribution is 5.91. The van der Waals surface area contributed by atoms with Crippen molar-refractivity contribution in [3.05, 3.63) is 24.2 Å². The van der Waals surface area contributed by atoms with Crippen LogP contribution >= 0.6 is 0 Å². The predicted octanol–water partition coefficient (Wildman–Crippen LogP) is 2.24. The minimum Gasteiger partial charge on any atom is -0.459 e. The number of furan rings is 1. The van der Waals surface area contributed by atoms with Crippen LogP contribution in [0, 0.1) is 5.41 Å². The zero-order valence-electron chi connectivity index (χ0n) is 13.6. The Bertz CT molecular complexity index is 500. The Morgan fingerprint density at radius 1 is 1.32 bits per heavy atom. The van der Waals surface area contributed by atoms with Gasteiger partial charge in [-0.3, -0.25) is 9.69 Å². The molecule has 0 radical (unpaired) electrons. The third-order valence-corrected chi connectivity index (χ3v) is 4.88. The zero-order valence-corrected chi connectivity index (χ0v) is 13.6. The molecule has 1 aromatic heterocycles. The monoisotopic (exact) mass is 306 g/mol. The molecule has 0 unspecified atom stereocenters. The number of carbonyl (C=O) groups is 1. The Kier molecular flexibility index (Phi) is 4.54. The SMILES string of the molecule is CC(C)N1CCOC[C@@]2(CCCN(C(=O)c3ccco3)C2)C1. The van der Waals surface area contributed by atoms with Gasteiger partial charge in [-0.1, -0.05) is 0 Å². The number of carbonyl (C=O) groups excluding carboxylic acids is 1. The molecule has 2 aliphatic heterocycles. The maximum Gasteiger partial charge on any atom is 0.289 e. The van der Waals surface area contributed by atoms with Crippen molar-refractivity contribution in [2.24, 2.45) is 5.41 Å². The summed E-state index contributed by atoms with van der Waals surface area (Å²) in [5, 5.41) is 0. The molecular formula is C17H26N2O3. The molecule has 1 atom stereocenters. The van der Waals surface area contributed by atoms with E-state index in [1.165, 1.54) is 0 Å². The van der Waals surface area contributed by atoms with Gasteiger partial charge in [0.1, 0.15) is 0 Å². The summed E-state index contributed by atoms with van der Waals surface area (Å²) in [5.41, 5.74) is 0.0568. The smallest absolute Gasteiger partial charge is 0.289 e. The molecule has 0 bridgehead atoms. The molecule has 2 aliphatic rings. The van der Waals surface area contributed by atoms with Gasteiger partial charge in [-0.05, 0) is 38.8 Å². The average molecular weight is 306 g/mol. The molecule has 2 fully saturated rings. The molecule has 1 spiro atoms. The Morgan fingerprint density at radius 3 is 2.91 bits per heavy atom. The van der Waals surface area contributed by atoms with Gasteiger partial charge in [-0.15, -0.1) is 0 Å². The first kappa shape index (κ1) is 15.6. The van der Waals surface area contributed by atoms with Crippen molar-refractivity contribution in [3.63, 3.8) is 0 Å². The maximum absolute atomic E-state index is 12.6. The second-order valence-corrected chi connectivity index (χ2v) is 6.92. The number of piperidine rings is 1. The summed E-state index contributed by atoms with van der Waals surface area (Å²) >= 11 is 0. The maximum atomic E-state index is 12.6. The number of ether oxygens (including phenoxy) is 1. The minimum absolute atomic E-state index is 0.00409. The Hall–Kier alpha value is -1.33. The summed E-state index contributed by atoms with van der Waals surface area (Å²) in [6, 6.07) is 4.02. The van der Waals surface area contributed by atoms with Crippen LogP contribution in [0.25, 0.3) is 0 Å². The molecule has 0 saturated carbocycles. The van der Waals surface area contributed by atoms with E-state index >= 15 is 0 Å². The Morgan fingerprint density at radius 2 is 2.18 bits per heavy atom. The quantitative estimate of drug-likeness (QED) is 0.841. The van der Waals surface area contributed by atoms with Gasteiger partial charge in [0, 0.05) is 37.6 Å². The van der Waals surface area contributed by atoms with Gasteiger partial charge in [0.2, 0.25) is 0 Å². The second-order valence-electron chi connectivity index (χ2n) is 6.92. The fourth-order valence-electron chi connectivity index (χ4n) is 3.65. The van der Waals surface area contributed by atoms with Gasteiger partial charge >= 0.3 is 0 Å². The summed E-state index contributed by atoms with van der Waals surface area (Å²) in [5.74, 6) is 0.441. The van der Waals surface area contributed by atoms with Crippen LogP contribution in [0.3, 0.4) is 0 Å². The normalized spacial score (nSPS) is 27.3. The fraction of sp³-hybridized carbons (Fsp3) is 0.706. The van der Waals surface area contributed by atoms with Gasteiger partial charge in [-0.2, -0.15) is 0 Å². The molecule has 2 saturated heterocycles. The largest absolute Gasteiger partial charge is 0.459 e.